The van der Waals surface area contributed by atoms with E-state index in [1.807, 2.05) is 19.1 Å². The third-order valence-electron chi connectivity index (χ3n) is 5.24. The van der Waals surface area contributed by atoms with Gasteiger partial charge in [-0.25, -0.2) is 12.7 Å². The van der Waals surface area contributed by atoms with Gasteiger partial charge < -0.3 is 15.1 Å². The lowest BCUT2D eigenvalue weighted by Crippen LogP contribution is -2.22. The fourth-order valence-corrected chi connectivity index (χ4v) is 4.23. The number of carbonyl (C=O) groups excluding carboxylic acids is 2. The second-order valence-electron chi connectivity index (χ2n) is 7.89. The summed E-state index contributed by atoms with van der Waals surface area (Å²) in [7, 11) is -0.748. The molecule has 1 aromatic heterocycles. The third-order valence-corrected chi connectivity index (χ3v) is 7.07. The maximum atomic E-state index is 13.0. The molecule has 174 valence electrons. The Kier molecular flexibility index (Phi) is 6.23. The number of carbonyl (C=O) groups is 2. The molecular formula is C25H23N3O5S. The monoisotopic (exact) mass is 477 g/mol. The molecule has 0 aliphatic rings. The molecule has 0 saturated heterocycles. The van der Waals surface area contributed by atoms with Gasteiger partial charge in [0.2, 0.25) is 15.8 Å². The highest BCUT2D eigenvalue weighted by molar-refractivity contribution is 7.89. The standard InChI is InChI=1S/C25H23N3O5S/c1-16-8-12-18(13-9-16)26-25(30)23-22(20-6-4-5-7-21(20)33-23)27-24(29)17-10-14-19(15-11-17)34(31,32)28(2)3/h4-15H,1-3H3,(H,26,30)(H,27,29). The zero-order valence-electron chi connectivity index (χ0n) is 18.8. The van der Waals surface area contributed by atoms with Crippen LogP contribution in [0.1, 0.15) is 26.5 Å². The zero-order chi connectivity index (χ0) is 24.5. The van der Waals surface area contributed by atoms with Crippen LogP contribution in [0.4, 0.5) is 11.4 Å². The first kappa shape index (κ1) is 23.2. The molecule has 4 rings (SSSR count). The van der Waals surface area contributed by atoms with Gasteiger partial charge in [-0.3, -0.25) is 9.59 Å². The molecule has 2 amide bonds. The lowest BCUT2D eigenvalue weighted by atomic mass is 10.1. The summed E-state index contributed by atoms with van der Waals surface area (Å²) in [4.78, 5) is 26.0. The van der Waals surface area contributed by atoms with Gasteiger partial charge >= 0.3 is 0 Å². The van der Waals surface area contributed by atoms with E-state index in [1.54, 1.807) is 36.4 Å². The van der Waals surface area contributed by atoms with E-state index in [4.69, 9.17) is 4.42 Å². The van der Waals surface area contributed by atoms with Crippen LogP contribution in [0, 0.1) is 6.92 Å². The van der Waals surface area contributed by atoms with Crippen molar-refractivity contribution in [3.63, 3.8) is 0 Å². The summed E-state index contributed by atoms with van der Waals surface area (Å²) in [6.45, 7) is 1.95. The Hall–Kier alpha value is -3.95. The number of sulfonamides is 1. The number of hydrogen-bond acceptors (Lipinski definition) is 5. The van der Waals surface area contributed by atoms with E-state index in [-0.39, 0.29) is 21.9 Å². The number of nitrogens with zero attached hydrogens (tertiary/aromatic N) is 1. The molecule has 4 aromatic rings. The maximum absolute atomic E-state index is 13.0. The van der Waals surface area contributed by atoms with Crippen LogP contribution < -0.4 is 10.6 Å². The quantitative estimate of drug-likeness (QED) is 0.425. The van der Waals surface area contributed by atoms with Gasteiger partial charge in [0.15, 0.2) is 0 Å². The molecule has 0 spiro atoms. The molecule has 0 fully saturated rings. The van der Waals surface area contributed by atoms with Gasteiger partial charge in [-0.05, 0) is 55.5 Å². The van der Waals surface area contributed by atoms with Crippen LogP contribution >= 0.6 is 0 Å². The smallest absolute Gasteiger partial charge is 0.293 e. The predicted molar refractivity (Wildman–Crippen MR) is 131 cm³/mol. The Morgan fingerprint density at radius 1 is 0.824 bits per heavy atom. The topological polar surface area (TPSA) is 109 Å². The number of anilines is 2. The SMILES string of the molecule is Cc1ccc(NC(=O)c2oc3ccccc3c2NC(=O)c2ccc(S(=O)(=O)N(C)C)cc2)cc1. The number of hydrogen-bond donors (Lipinski definition) is 2. The van der Waals surface area contributed by atoms with Crippen LogP contribution in [0.15, 0.2) is 82.1 Å². The predicted octanol–water partition coefficient (Wildman–Crippen LogP) is 4.50. The summed E-state index contributed by atoms with van der Waals surface area (Å²) in [5.41, 5.74) is 2.55. The average Bonchev–Trinajstić information content (AvgIpc) is 3.19. The molecule has 2 N–H and O–H groups in total. The summed E-state index contributed by atoms with van der Waals surface area (Å²) in [6, 6.07) is 19.8. The number of benzene rings is 3. The van der Waals surface area contributed by atoms with Crippen molar-refractivity contribution in [2.75, 3.05) is 24.7 Å². The van der Waals surface area contributed by atoms with Crippen molar-refractivity contribution in [1.29, 1.82) is 0 Å². The number of amides is 2. The number of fused-ring (bicyclic) bond motifs is 1. The van der Waals surface area contributed by atoms with Gasteiger partial charge in [0, 0.05) is 30.7 Å². The number of para-hydroxylation sites is 1. The van der Waals surface area contributed by atoms with Gasteiger partial charge in [-0.2, -0.15) is 0 Å². The van der Waals surface area contributed by atoms with Crippen LogP contribution in [0.25, 0.3) is 11.0 Å². The normalized spacial score (nSPS) is 11.5. The van der Waals surface area contributed by atoms with E-state index in [9.17, 15) is 18.0 Å². The van der Waals surface area contributed by atoms with Gasteiger partial charge in [0.05, 0.1) is 4.90 Å². The Bertz CT molecular complexity index is 1470. The van der Waals surface area contributed by atoms with Crippen molar-refractivity contribution in [1.82, 2.24) is 4.31 Å². The Balaban J connectivity index is 1.64. The fraction of sp³-hybridized carbons (Fsp3) is 0.120. The largest absolute Gasteiger partial charge is 0.449 e. The Morgan fingerprint density at radius 2 is 1.47 bits per heavy atom. The summed E-state index contributed by atoms with van der Waals surface area (Å²) in [5, 5.41) is 6.10. The number of nitrogens with one attached hydrogen (secondary N) is 2. The summed E-state index contributed by atoms with van der Waals surface area (Å²) in [5.74, 6) is -1.06. The van der Waals surface area contributed by atoms with Gasteiger partial charge in [-0.1, -0.05) is 29.8 Å². The molecule has 0 saturated carbocycles. The van der Waals surface area contributed by atoms with E-state index in [0.29, 0.717) is 16.7 Å². The summed E-state index contributed by atoms with van der Waals surface area (Å²) < 4.78 is 31.4. The van der Waals surface area contributed by atoms with Gasteiger partial charge in [0.1, 0.15) is 11.3 Å². The van der Waals surface area contributed by atoms with Gasteiger partial charge in [0.25, 0.3) is 11.8 Å². The molecule has 0 aliphatic heterocycles. The fourth-order valence-electron chi connectivity index (χ4n) is 3.33. The van der Waals surface area contributed by atoms with E-state index in [1.165, 1.54) is 38.4 Å². The molecule has 0 atom stereocenters. The number of rotatable bonds is 6. The molecule has 0 bridgehead atoms. The minimum absolute atomic E-state index is 0.0399. The molecule has 0 unspecified atom stereocenters. The first-order chi connectivity index (χ1) is 16.2. The second-order valence-corrected chi connectivity index (χ2v) is 10.0. The molecule has 8 nitrogen and oxygen atoms in total. The minimum Gasteiger partial charge on any atom is -0.449 e. The molecule has 3 aromatic carbocycles. The van der Waals surface area contributed by atoms with Crippen LogP contribution in [0.3, 0.4) is 0 Å². The van der Waals surface area contributed by atoms with Crippen molar-refractivity contribution in [2.24, 2.45) is 0 Å². The molecule has 0 radical (unpaired) electrons. The highest BCUT2D eigenvalue weighted by Gasteiger charge is 2.23. The maximum Gasteiger partial charge on any atom is 0.293 e. The lowest BCUT2D eigenvalue weighted by molar-refractivity contribution is 0.0999. The van der Waals surface area contributed by atoms with Crippen LogP contribution in [0.5, 0.6) is 0 Å². The minimum atomic E-state index is -3.61. The second kappa shape index (κ2) is 9.12. The number of aryl methyl sites for hydroxylation is 1. The van der Waals surface area contributed by atoms with Crippen molar-refractivity contribution >= 4 is 44.2 Å². The highest BCUT2D eigenvalue weighted by atomic mass is 32.2. The Morgan fingerprint density at radius 3 is 2.12 bits per heavy atom. The lowest BCUT2D eigenvalue weighted by Gasteiger charge is -2.12. The molecular weight excluding hydrogens is 454 g/mol. The van der Waals surface area contributed by atoms with E-state index in [0.717, 1.165) is 9.87 Å². The summed E-state index contributed by atoms with van der Waals surface area (Å²) in [6.07, 6.45) is 0. The molecule has 34 heavy (non-hydrogen) atoms. The van der Waals surface area contributed by atoms with Crippen LogP contribution in [-0.2, 0) is 10.0 Å². The van der Waals surface area contributed by atoms with E-state index >= 15 is 0 Å². The highest BCUT2D eigenvalue weighted by Crippen LogP contribution is 2.32. The van der Waals surface area contributed by atoms with E-state index in [2.05, 4.69) is 10.6 Å². The third kappa shape index (κ3) is 4.57. The van der Waals surface area contributed by atoms with Gasteiger partial charge in [-0.15, -0.1) is 0 Å². The average molecular weight is 478 g/mol. The number of furan rings is 1. The van der Waals surface area contributed by atoms with Crippen LogP contribution in [-0.4, -0.2) is 38.6 Å². The van der Waals surface area contributed by atoms with Crippen molar-refractivity contribution < 1.29 is 22.4 Å². The van der Waals surface area contributed by atoms with Crippen LogP contribution in [0.2, 0.25) is 0 Å². The van der Waals surface area contributed by atoms with Crippen molar-refractivity contribution in [3.05, 3.63) is 89.7 Å². The summed E-state index contributed by atoms with van der Waals surface area (Å²) >= 11 is 0. The van der Waals surface area contributed by atoms with Crippen molar-refractivity contribution in [2.45, 2.75) is 11.8 Å². The molecule has 1 heterocycles. The van der Waals surface area contributed by atoms with Crippen molar-refractivity contribution in [3.8, 4) is 0 Å². The first-order valence-corrected chi connectivity index (χ1v) is 11.8. The Labute approximate surface area is 197 Å². The zero-order valence-corrected chi connectivity index (χ0v) is 19.6. The van der Waals surface area contributed by atoms with E-state index < -0.39 is 21.8 Å². The molecule has 0 aliphatic carbocycles. The molecule has 9 heteroatoms. The first-order valence-electron chi connectivity index (χ1n) is 10.4.